The van der Waals surface area contributed by atoms with Crippen LogP contribution in [-0.2, 0) is 5.75 Å². The Bertz CT molecular complexity index is 1110. The Kier molecular flexibility index (Phi) is 4.91. The van der Waals surface area contributed by atoms with Gasteiger partial charge in [-0.1, -0.05) is 70.2 Å². The molecule has 0 fully saturated rings. The molecule has 0 bridgehead atoms. The fourth-order valence-corrected chi connectivity index (χ4v) is 3.98. The first-order valence-electron chi connectivity index (χ1n) is 8.17. The van der Waals surface area contributed by atoms with E-state index in [0.717, 1.165) is 21.4 Å². The molecule has 1 aromatic heterocycles. The molecule has 5 heteroatoms. The second kappa shape index (κ2) is 7.48. The van der Waals surface area contributed by atoms with Crippen molar-refractivity contribution in [3.05, 3.63) is 99.3 Å². The minimum atomic E-state index is -0.0416. The van der Waals surface area contributed by atoms with Crippen LogP contribution >= 0.6 is 27.7 Å². The summed E-state index contributed by atoms with van der Waals surface area (Å²) >= 11 is 5.02. The first-order valence-corrected chi connectivity index (χ1v) is 9.95. The summed E-state index contributed by atoms with van der Waals surface area (Å²) in [6.45, 7) is 0. The summed E-state index contributed by atoms with van der Waals surface area (Å²) in [6, 6.07) is 25.3. The molecule has 0 saturated heterocycles. The van der Waals surface area contributed by atoms with E-state index in [1.807, 2.05) is 66.7 Å². The third-order valence-corrected chi connectivity index (χ3v) is 5.58. The maximum Gasteiger partial charge on any atom is 0.266 e. The fourth-order valence-electron chi connectivity index (χ4n) is 2.74. The lowest BCUT2D eigenvalue weighted by Gasteiger charge is -2.13. The van der Waals surface area contributed by atoms with Crippen LogP contribution in [0.4, 0.5) is 0 Å². The van der Waals surface area contributed by atoms with Gasteiger partial charge in [-0.25, -0.2) is 4.98 Å². The molecule has 4 rings (SSSR count). The van der Waals surface area contributed by atoms with E-state index in [2.05, 4.69) is 28.1 Å². The summed E-state index contributed by atoms with van der Waals surface area (Å²) in [5.74, 6) is 0.741. The number of nitrogens with zero attached hydrogens (tertiary/aromatic N) is 2. The van der Waals surface area contributed by atoms with Gasteiger partial charge in [-0.2, -0.15) is 0 Å². The molecule has 0 aliphatic carbocycles. The Morgan fingerprint density at radius 1 is 0.885 bits per heavy atom. The van der Waals surface area contributed by atoms with Gasteiger partial charge >= 0.3 is 0 Å². The quantitative estimate of drug-likeness (QED) is 0.324. The highest BCUT2D eigenvalue weighted by Gasteiger charge is 2.13. The second-order valence-corrected chi connectivity index (χ2v) is 7.66. The molecule has 1 heterocycles. The third-order valence-electron chi connectivity index (χ3n) is 4.04. The molecule has 0 aliphatic rings. The van der Waals surface area contributed by atoms with E-state index in [0.29, 0.717) is 10.5 Å². The molecule has 4 aromatic rings. The van der Waals surface area contributed by atoms with Gasteiger partial charge in [-0.15, -0.1) is 0 Å². The number of fused-ring (bicyclic) bond motifs is 1. The third kappa shape index (κ3) is 3.45. The number of hydrogen-bond donors (Lipinski definition) is 0. The Hall–Kier alpha value is -2.37. The van der Waals surface area contributed by atoms with Gasteiger partial charge in [0, 0.05) is 10.2 Å². The Balaban J connectivity index is 1.81. The zero-order valence-electron chi connectivity index (χ0n) is 13.8. The highest BCUT2D eigenvalue weighted by Crippen LogP contribution is 2.25. The van der Waals surface area contributed by atoms with E-state index in [1.165, 1.54) is 5.56 Å². The van der Waals surface area contributed by atoms with E-state index in [1.54, 1.807) is 16.3 Å². The predicted octanol–water partition coefficient (Wildman–Crippen LogP) is 5.44. The number of hydrogen-bond acceptors (Lipinski definition) is 3. The first kappa shape index (κ1) is 17.1. The van der Waals surface area contributed by atoms with Crippen LogP contribution in [0.2, 0.25) is 0 Å². The van der Waals surface area contributed by atoms with Crippen molar-refractivity contribution in [2.24, 2.45) is 0 Å². The topological polar surface area (TPSA) is 34.9 Å². The van der Waals surface area contributed by atoms with Gasteiger partial charge in [-0.3, -0.25) is 9.36 Å². The van der Waals surface area contributed by atoms with Gasteiger partial charge in [0.2, 0.25) is 0 Å². The van der Waals surface area contributed by atoms with Crippen molar-refractivity contribution in [3.8, 4) is 5.69 Å². The molecule has 3 nitrogen and oxygen atoms in total. The Morgan fingerprint density at radius 2 is 1.58 bits per heavy atom. The minimum absolute atomic E-state index is 0.0416. The standard InChI is InChI=1S/C21H15BrN2OS/c22-16-12-10-15(11-13-16)14-26-21-23-19-9-5-4-8-18(19)20(25)24(21)17-6-2-1-3-7-17/h1-13H,14H2. The molecular formula is C21H15BrN2OS. The lowest BCUT2D eigenvalue weighted by molar-refractivity contribution is 0.819. The highest BCUT2D eigenvalue weighted by atomic mass is 79.9. The molecule has 26 heavy (non-hydrogen) atoms. The molecule has 0 N–H and O–H groups in total. The van der Waals surface area contributed by atoms with Gasteiger partial charge in [0.25, 0.3) is 5.56 Å². The normalized spacial score (nSPS) is 11.0. The highest BCUT2D eigenvalue weighted by molar-refractivity contribution is 9.10. The second-order valence-electron chi connectivity index (χ2n) is 5.80. The summed E-state index contributed by atoms with van der Waals surface area (Å²) in [6.07, 6.45) is 0. The summed E-state index contributed by atoms with van der Waals surface area (Å²) in [7, 11) is 0. The lowest BCUT2D eigenvalue weighted by Crippen LogP contribution is -2.21. The van der Waals surface area contributed by atoms with Crippen molar-refractivity contribution >= 4 is 38.6 Å². The zero-order chi connectivity index (χ0) is 17.9. The molecule has 128 valence electrons. The number of benzene rings is 3. The summed E-state index contributed by atoms with van der Waals surface area (Å²) in [5.41, 5.74) is 2.69. The van der Waals surface area contributed by atoms with Crippen molar-refractivity contribution < 1.29 is 0 Å². The summed E-state index contributed by atoms with van der Waals surface area (Å²) in [4.78, 5) is 17.9. The van der Waals surface area contributed by atoms with Crippen molar-refractivity contribution in [1.29, 1.82) is 0 Å². The smallest absolute Gasteiger partial charge is 0.266 e. The van der Waals surface area contributed by atoms with Crippen LogP contribution in [0, 0.1) is 0 Å². The predicted molar refractivity (Wildman–Crippen MR) is 111 cm³/mol. The van der Waals surface area contributed by atoms with Crippen LogP contribution < -0.4 is 5.56 Å². The molecule has 0 amide bonds. The van der Waals surface area contributed by atoms with Crippen LogP contribution in [0.15, 0.2) is 93.3 Å². The van der Waals surface area contributed by atoms with Crippen molar-refractivity contribution in [3.63, 3.8) is 0 Å². The van der Waals surface area contributed by atoms with Crippen LogP contribution in [-0.4, -0.2) is 9.55 Å². The molecule has 3 aromatic carbocycles. The molecule has 0 radical (unpaired) electrons. The van der Waals surface area contributed by atoms with Crippen LogP contribution in [0.25, 0.3) is 16.6 Å². The average molecular weight is 423 g/mol. The number of para-hydroxylation sites is 2. The largest absolute Gasteiger partial charge is 0.268 e. The van der Waals surface area contributed by atoms with Crippen LogP contribution in [0.5, 0.6) is 0 Å². The number of thioether (sulfide) groups is 1. The molecule has 0 saturated carbocycles. The van der Waals surface area contributed by atoms with Gasteiger partial charge in [0.15, 0.2) is 5.16 Å². The monoisotopic (exact) mass is 422 g/mol. The zero-order valence-corrected chi connectivity index (χ0v) is 16.2. The van der Waals surface area contributed by atoms with Crippen LogP contribution in [0.3, 0.4) is 0 Å². The van der Waals surface area contributed by atoms with Crippen molar-refractivity contribution in [1.82, 2.24) is 9.55 Å². The maximum atomic E-state index is 13.1. The SMILES string of the molecule is O=c1c2ccccc2nc(SCc2ccc(Br)cc2)n1-c1ccccc1. The molecular weight excluding hydrogens is 408 g/mol. The van der Waals surface area contributed by atoms with Crippen molar-refractivity contribution in [2.75, 3.05) is 0 Å². The molecule has 0 aliphatic heterocycles. The van der Waals surface area contributed by atoms with Crippen molar-refractivity contribution in [2.45, 2.75) is 10.9 Å². The Morgan fingerprint density at radius 3 is 2.35 bits per heavy atom. The van der Waals surface area contributed by atoms with Gasteiger partial charge in [0.05, 0.1) is 16.6 Å². The molecule has 0 spiro atoms. The van der Waals surface area contributed by atoms with Gasteiger partial charge in [-0.05, 0) is 42.0 Å². The number of aromatic nitrogens is 2. The first-order chi connectivity index (χ1) is 12.7. The Labute approximate surface area is 163 Å². The van der Waals surface area contributed by atoms with E-state index in [-0.39, 0.29) is 5.56 Å². The average Bonchev–Trinajstić information content (AvgIpc) is 2.68. The van der Waals surface area contributed by atoms with Gasteiger partial charge < -0.3 is 0 Å². The number of halogens is 1. The van der Waals surface area contributed by atoms with E-state index in [9.17, 15) is 4.79 Å². The summed E-state index contributed by atoms with van der Waals surface area (Å²) in [5, 5.41) is 1.33. The summed E-state index contributed by atoms with van der Waals surface area (Å²) < 4.78 is 2.75. The van der Waals surface area contributed by atoms with E-state index in [4.69, 9.17) is 4.98 Å². The number of rotatable bonds is 4. The van der Waals surface area contributed by atoms with Gasteiger partial charge in [0.1, 0.15) is 0 Å². The van der Waals surface area contributed by atoms with Crippen LogP contribution in [0.1, 0.15) is 5.56 Å². The van der Waals surface area contributed by atoms with E-state index < -0.39 is 0 Å². The fraction of sp³-hybridized carbons (Fsp3) is 0.0476. The maximum absolute atomic E-state index is 13.1. The molecule has 0 atom stereocenters. The molecule has 0 unspecified atom stereocenters. The van der Waals surface area contributed by atoms with E-state index >= 15 is 0 Å². The lowest BCUT2D eigenvalue weighted by atomic mass is 10.2. The minimum Gasteiger partial charge on any atom is -0.268 e.